The van der Waals surface area contributed by atoms with E-state index < -0.39 is 6.09 Å². The molecule has 1 rings (SSSR count). The summed E-state index contributed by atoms with van der Waals surface area (Å²) in [5.41, 5.74) is 0.956. The zero-order valence-corrected chi connectivity index (χ0v) is 9.21. The molecule has 1 aliphatic carbocycles. The fourth-order valence-electron chi connectivity index (χ4n) is 1.68. The fraction of sp³-hybridized carbons (Fsp3) is 0.727. The van der Waals surface area contributed by atoms with Crippen LogP contribution in [0.1, 0.15) is 40.0 Å². The van der Waals surface area contributed by atoms with Gasteiger partial charge in [0.05, 0.1) is 0 Å². The van der Waals surface area contributed by atoms with Crippen LogP contribution in [-0.2, 0) is 0 Å². The van der Waals surface area contributed by atoms with Crippen LogP contribution in [0.2, 0.25) is 0 Å². The standard InChI is InChI=1S/C11H19NO2/c1-11(2,3)12(10(13)14)8-9-6-4-5-7-9/h6H,4-5,7-8H2,1-3H3,(H,13,14). The average molecular weight is 197 g/mol. The molecule has 1 aliphatic rings. The van der Waals surface area contributed by atoms with Gasteiger partial charge >= 0.3 is 6.09 Å². The molecule has 3 heteroatoms. The highest BCUT2D eigenvalue weighted by Gasteiger charge is 2.26. The molecule has 0 saturated carbocycles. The van der Waals surface area contributed by atoms with Gasteiger partial charge in [-0.1, -0.05) is 11.6 Å². The van der Waals surface area contributed by atoms with Gasteiger partial charge in [0.15, 0.2) is 0 Å². The van der Waals surface area contributed by atoms with Gasteiger partial charge in [0, 0.05) is 12.1 Å². The highest BCUT2D eigenvalue weighted by molar-refractivity contribution is 5.66. The number of allylic oxidation sites excluding steroid dienone is 1. The van der Waals surface area contributed by atoms with E-state index in [1.807, 2.05) is 20.8 Å². The number of carbonyl (C=O) groups is 1. The van der Waals surface area contributed by atoms with Crippen molar-refractivity contribution >= 4 is 6.09 Å². The van der Waals surface area contributed by atoms with E-state index in [1.165, 1.54) is 16.9 Å². The Hall–Kier alpha value is -0.990. The Bertz CT molecular complexity index is 251. The summed E-state index contributed by atoms with van der Waals surface area (Å²) >= 11 is 0. The van der Waals surface area contributed by atoms with Crippen LogP contribution in [0.4, 0.5) is 4.79 Å². The Morgan fingerprint density at radius 2 is 2.21 bits per heavy atom. The number of hydrogen-bond donors (Lipinski definition) is 1. The predicted octanol–water partition coefficient (Wildman–Crippen LogP) is 2.88. The van der Waals surface area contributed by atoms with E-state index in [2.05, 4.69) is 6.08 Å². The Morgan fingerprint density at radius 1 is 1.57 bits per heavy atom. The van der Waals surface area contributed by atoms with Crippen LogP contribution in [0.5, 0.6) is 0 Å². The van der Waals surface area contributed by atoms with Gasteiger partial charge in [-0.25, -0.2) is 4.79 Å². The van der Waals surface area contributed by atoms with E-state index in [0.717, 1.165) is 12.8 Å². The van der Waals surface area contributed by atoms with Gasteiger partial charge in [0.2, 0.25) is 0 Å². The SMILES string of the molecule is CC(C)(C)N(CC1=CCCC1)C(=O)O. The summed E-state index contributed by atoms with van der Waals surface area (Å²) in [5, 5.41) is 9.07. The van der Waals surface area contributed by atoms with Crippen molar-refractivity contribution in [1.82, 2.24) is 4.90 Å². The van der Waals surface area contributed by atoms with Crippen LogP contribution in [0.25, 0.3) is 0 Å². The zero-order valence-electron chi connectivity index (χ0n) is 9.21. The number of amides is 1. The molecule has 0 aromatic heterocycles. The summed E-state index contributed by atoms with van der Waals surface area (Å²) in [7, 11) is 0. The van der Waals surface area contributed by atoms with Gasteiger partial charge in [-0.2, -0.15) is 0 Å². The van der Waals surface area contributed by atoms with E-state index in [1.54, 1.807) is 0 Å². The monoisotopic (exact) mass is 197 g/mol. The van der Waals surface area contributed by atoms with Crippen molar-refractivity contribution in [3.63, 3.8) is 0 Å². The average Bonchev–Trinajstić information content (AvgIpc) is 2.48. The van der Waals surface area contributed by atoms with Crippen molar-refractivity contribution in [2.45, 2.75) is 45.6 Å². The molecular weight excluding hydrogens is 178 g/mol. The largest absolute Gasteiger partial charge is 0.465 e. The van der Waals surface area contributed by atoms with Crippen molar-refractivity contribution in [3.8, 4) is 0 Å². The first kappa shape index (κ1) is 11.1. The summed E-state index contributed by atoms with van der Waals surface area (Å²) in [4.78, 5) is 12.5. The number of carboxylic acid groups (broad SMARTS) is 1. The molecule has 0 unspecified atom stereocenters. The first-order valence-corrected chi connectivity index (χ1v) is 5.10. The second-order valence-electron chi connectivity index (χ2n) is 4.79. The molecular formula is C11H19NO2. The molecule has 80 valence electrons. The molecule has 0 aromatic rings. The minimum Gasteiger partial charge on any atom is -0.465 e. The molecule has 0 atom stereocenters. The van der Waals surface area contributed by atoms with Gasteiger partial charge in [-0.3, -0.25) is 4.90 Å². The molecule has 1 N–H and O–H groups in total. The summed E-state index contributed by atoms with van der Waals surface area (Å²) in [6, 6.07) is 0. The molecule has 0 fully saturated rings. The molecule has 0 aromatic carbocycles. The van der Waals surface area contributed by atoms with E-state index in [9.17, 15) is 4.79 Å². The Morgan fingerprint density at radius 3 is 2.57 bits per heavy atom. The van der Waals surface area contributed by atoms with Gasteiger partial charge in [-0.15, -0.1) is 0 Å². The lowest BCUT2D eigenvalue weighted by Gasteiger charge is -2.33. The smallest absolute Gasteiger partial charge is 0.408 e. The number of nitrogens with zero attached hydrogens (tertiary/aromatic N) is 1. The maximum absolute atomic E-state index is 11.0. The lowest BCUT2D eigenvalue weighted by Crippen LogP contribution is -2.45. The minimum absolute atomic E-state index is 0.310. The highest BCUT2D eigenvalue weighted by atomic mass is 16.4. The Labute approximate surface area is 85.4 Å². The lowest BCUT2D eigenvalue weighted by molar-refractivity contribution is 0.106. The highest BCUT2D eigenvalue weighted by Crippen LogP contribution is 2.22. The Kier molecular flexibility index (Phi) is 3.19. The van der Waals surface area contributed by atoms with Crippen molar-refractivity contribution in [2.75, 3.05) is 6.54 Å². The summed E-state index contributed by atoms with van der Waals surface area (Å²) < 4.78 is 0. The Balaban J connectivity index is 2.65. The molecule has 0 saturated heterocycles. The predicted molar refractivity (Wildman–Crippen MR) is 56.4 cm³/mol. The molecule has 0 bridgehead atoms. The summed E-state index contributed by atoms with van der Waals surface area (Å²) in [5.74, 6) is 0. The topological polar surface area (TPSA) is 40.5 Å². The quantitative estimate of drug-likeness (QED) is 0.691. The second-order valence-corrected chi connectivity index (χ2v) is 4.79. The lowest BCUT2D eigenvalue weighted by atomic mass is 10.1. The van der Waals surface area contributed by atoms with Crippen LogP contribution in [-0.4, -0.2) is 28.2 Å². The zero-order chi connectivity index (χ0) is 10.8. The molecule has 0 aliphatic heterocycles. The third-order valence-electron chi connectivity index (χ3n) is 2.54. The van der Waals surface area contributed by atoms with Crippen molar-refractivity contribution < 1.29 is 9.90 Å². The molecule has 0 radical (unpaired) electrons. The van der Waals surface area contributed by atoms with E-state index in [4.69, 9.17) is 5.11 Å². The van der Waals surface area contributed by atoms with E-state index in [-0.39, 0.29) is 5.54 Å². The van der Waals surface area contributed by atoms with Gasteiger partial charge in [0.1, 0.15) is 0 Å². The van der Waals surface area contributed by atoms with Gasteiger partial charge in [-0.05, 0) is 40.0 Å². The molecule has 0 spiro atoms. The molecule has 14 heavy (non-hydrogen) atoms. The molecule has 3 nitrogen and oxygen atoms in total. The maximum Gasteiger partial charge on any atom is 0.408 e. The van der Waals surface area contributed by atoms with Crippen LogP contribution in [0.15, 0.2) is 11.6 Å². The number of hydrogen-bond acceptors (Lipinski definition) is 1. The number of rotatable bonds is 2. The minimum atomic E-state index is -0.828. The first-order chi connectivity index (χ1) is 6.41. The molecule has 1 amide bonds. The van der Waals surface area contributed by atoms with Crippen LogP contribution >= 0.6 is 0 Å². The van der Waals surface area contributed by atoms with Crippen molar-refractivity contribution in [1.29, 1.82) is 0 Å². The first-order valence-electron chi connectivity index (χ1n) is 5.10. The van der Waals surface area contributed by atoms with Crippen molar-refractivity contribution in [2.24, 2.45) is 0 Å². The molecule has 0 heterocycles. The summed E-state index contributed by atoms with van der Waals surface area (Å²) in [6.45, 7) is 6.35. The summed E-state index contributed by atoms with van der Waals surface area (Å²) in [6.07, 6.45) is 4.67. The second kappa shape index (κ2) is 4.03. The van der Waals surface area contributed by atoms with Gasteiger partial charge in [0.25, 0.3) is 0 Å². The van der Waals surface area contributed by atoms with Crippen LogP contribution in [0, 0.1) is 0 Å². The maximum atomic E-state index is 11.0. The normalized spacial score (nSPS) is 16.6. The van der Waals surface area contributed by atoms with Crippen molar-refractivity contribution in [3.05, 3.63) is 11.6 Å². The third-order valence-corrected chi connectivity index (χ3v) is 2.54. The van der Waals surface area contributed by atoms with Gasteiger partial charge < -0.3 is 5.11 Å². The third kappa shape index (κ3) is 2.76. The van der Waals surface area contributed by atoms with Crippen LogP contribution < -0.4 is 0 Å². The van der Waals surface area contributed by atoms with Crippen LogP contribution in [0.3, 0.4) is 0 Å². The van der Waals surface area contributed by atoms with E-state index >= 15 is 0 Å². The van der Waals surface area contributed by atoms with E-state index in [0.29, 0.717) is 6.54 Å². The fourth-order valence-corrected chi connectivity index (χ4v) is 1.68.